The largest absolute Gasteiger partial charge is 0.314 e. The van der Waals surface area contributed by atoms with Crippen LogP contribution in [0.5, 0.6) is 0 Å². The van der Waals surface area contributed by atoms with Crippen LogP contribution >= 0.6 is 11.6 Å². The zero-order chi connectivity index (χ0) is 9.14. The van der Waals surface area contributed by atoms with Gasteiger partial charge in [-0.1, -0.05) is 11.6 Å². The van der Waals surface area contributed by atoms with Crippen LogP contribution in [-0.4, -0.2) is 15.1 Å². The molecule has 0 atom stereocenters. The maximum atomic E-state index is 10.3. The zero-order valence-corrected chi connectivity index (χ0v) is 6.45. The molecule has 0 bridgehead atoms. The van der Waals surface area contributed by atoms with E-state index in [2.05, 4.69) is 4.98 Å². The van der Waals surface area contributed by atoms with Gasteiger partial charge in [0.1, 0.15) is 6.20 Å². The summed E-state index contributed by atoms with van der Waals surface area (Å²) in [5.41, 5.74) is 1.11. The molecule has 1 rings (SSSR count). The van der Waals surface area contributed by atoms with E-state index in [0.29, 0.717) is 0 Å². The van der Waals surface area contributed by atoms with Gasteiger partial charge in [-0.3, -0.25) is 25.8 Å². The van der Waals surface area contributed by atoms with Gasteiger partial charge in [-0.05, 0) is 0 Å². The Bertz CT molecular complexity index is 317. The van der Waals surface area contributed by atoms with Crippen molar-refractivity contribution in [3.8, 4) is 0 Å². The Morgan fingerprint density at radius 2 is 2.33 bits per heavy atom. The molecular formula is C5H4ClN3O3. The minimum atomic E-state index is -0.697. The molecule has 1 aromatic rings. The van der Waals surface area contributed by atoms with Gasteiger partial charge in [0.05, 0.1) is 9.95 Å². The third kappa shape index (κ3) is 1.44. The first-order valence-corrected chi connectivity index (χ1v) is 3.22. The molecule has 0 aliphatic heterocycles. The number of hydrogen-bond donors (Lipinski definition) is 2. The van der Waals surface area contributed by atoms with Gasteiger partial charge < -0.3 is 0 Å². The van der Waals surface area contributed by atoms with Crippen molar-refractivity contribution in [3.05, 3.63) is 27.5 Å². The number of nitro groups is 1. The zero-order valence-electron chi connectivity index (χ0n) is 5.69. The van der Waals surface area contributed by atoms with Gasteiger partial charge in [0.25, 0.3) is 0 Å². The number of nitrogens with zero attached hydrogens (tertiary/aromatic N) is 2. The van der Waals surface area contributed by atoms with E-state index < -0.39 is 4.92 Å². The van der Waals surface area contributed by atoms with E-state index in [9.17, 15) is 10.1 Å². The van der Waals surface area contributed by atoms with Crippen LogP contribution in [0.25, 0.3) is 0 Å². The smallest absolute Gasteiger partial charge is 0.291 e. The summed E-state index contributed by atoms with van der Waals surface area (Å²) in [6.45, 7) is 0. The van der Waals surface area contributed by atoms with Crippen molar-refractivity contribution >= 4 is 23.0 Å². The SMILES string of the molecule is O=[N+]([O-])c1cncc(Cl)c1NO. The number of hydrogen-bond acceptors (Lipinski definition) is 5. The number of nitrogens with one attached hydrogen (secondary N) is 1. The van der Waals surface area contributed by atoms with Crippen LogP contribution in [0.3, 0.4) is 0 Å². The lowest BCUT2D eigenvalue weighted by Crippen LogP contribution is -1.98. The molecule has 0 radical (unpaired) electrons. The summed E-state index contributed by atoms with van der Waals surface area (Å²) in [5, 5.41) is 18.8. The van der Waals surface area contributed by atoms with Gasteiger partial charge in [0, 0.05) is 6.20 Å². The molecule has 0 saturated heterocycles. The summed E-state index contributed by atoms with van der Waals surface area (Å²) in [6.07, 6.45) is 2.18. The summed E-state index contributed by atoms with van der Waals surface area (Å²) in [5.74, 6) is 0. The minimum absolute atomic E-state index is 0.00769. The first-order chi connectivity index (χ1) is 5.66. The molecule has 2 N–H and O–H groups in total. The molecule has 6 nitrogen and oxygen atoms in total. The normalized spacial score (nSPS) is 9.50. The lowest BCUT2D eigenvalue weighted by atomic mass is 10.3. The molecular weight excluding hydrogens is 186 g/mol. The van der Waals surface area contributed by atoms with Gasteiger partial charge in [0.15, 0.2) is 5.69 Å². The van der Waals surface area contributed by atoms with Crippen molar-refractivity contribution in [2.45, 2.75) is 0 Å². The van der Waals surface area contributed by atoms with Crippen LogP contribution in [0, 0.1) is 10.1 Å². The lowest BCUT2D eigenvalue weighted by Gasteiger charge is -2.00. The van der Waals surface area contributed by atoms with Gasteiger partial charge in [0.2, 0.25) is 0 Å². The predicted octanol–water partition coefficient (Wildman–Crippen LogP) is 1.44. The van der Waals surface area contributed by atoms with Crippen LogP contribution in [0.15, 0.2) is 12.4 Å². The Kier molecular flexibility index (Phi) is 2.41. The summed E-state index contributed by atoms with van der Waals surface area (Å²) >= 11 is 5.48. The first-order valence-electron chi connectivity index (χ1n) is 2.85. The Labute approximate surface area is 71.9 Å². The molecule has 0 aliphatic carbocycles. The Hall–Kier alpha value is -1.40. The van der Waals surface area contributed by atoms with Crippen molar-refractivity contribution in [3.63, 3.8) is 0 Å². The van der Waals surface area contributed by atoms with E-state index in [1.54, 1.807) is 5.48 Å². The minimum Gasteiger partial charge on any atom is -0.291 e. The highest BCUT2D eigenvalue weighted by atomic mass is 35.5. The summed E-state index contributed by atoms with van der Waals surface area (Å²) in [4.78, 5) is 13.1. The molecule has 0 fully saturated rings. The molecule has 0 spiro atoms. The number of rotatable bonds is 2. The third-order valence-electron chi connectivity index (χ3n) is 1.19. The molecule has 1 heterocycles. The van der Waals surface area contributed by atoms with Gasteiger partial charge >= 0.3 is 5.69 Å². The third-order valence-corrected chi connectivity index (χ3v) is 1.47. The van der Waals surface area contributed by atoms with Crippen LogP contribution in [0.4, 0.5) is 11.4 Å². The fourth-order valence-electron chi connectivity index (χ4n) is 0.674. The average Bonchev–Trinajstić information content (AvgIpc) is 2.03. The van der Waals surface area contributed by atoms with Gasteiger partial charge in [-0.25, -0.2) is 0 Å². The first kappa shape index (κ1) is 8.69. The van der Waals surface area contributed by atoms with Crippen LogP contribution in [-0.2, 0) is 0 Å². The van der Waals surface area contributed by atoms with E-state index in [1.807, 2.05) is 0 Å². The Morgan fingerprint density at radius 3 is 2.75 bits per heavy atom. The number of aromatic nitrogens is 1. The van der Waals surface area contributed by atoms with Crippen molar-refractivity contribution in [2.24, 2.45) is 0 Å². The van der Waals surface area contributed by atoms with Gasteiger partial charge in [-0.15, -0.1) is 0 Å². The van der Waals surface area contributed by atoms with Crippen molar-refractivity contribution in [2.75, 3.05) is 5.48 Å². The topological polar surface area (TPSA) is 88.3 Å². The van der Waals surface area contributed by atoms with E-state index in [4.69, 9.17) is 16.8 Å². The molecule has 64 valence electrons. The monoisotopic (exact) mass is 189 g/mol. The number of halogens is 1. The molecule has 0 unspecified atom stereocenters. The van der Waals surface area contributed by atoms with Crippen molar-refractivity contribution in [1.29, 1.82) is 0 Å². The molecule has 0 aliphatic rings. The van der Waals surface area contributed by atoms with Crippen molar-refractivity contribution < 1.29 is 10.1 Å². The van der Waals surface area contributed by atoms with E-state index >= 15 is 0 Å². The summed E-state index contributed by atoms with van der Waals surface area (Å²) in [7, 11) is 0. The van der Waals surface area contributed by atoms with Crippen LogP contribution in [0.2, 0.25) is 5.02 Å². The maximum absolute atomic E-state index is 10.3. The van der Waals surface area contributed by atoms with E-state index in [0.717, 1.165) is 6.20 Å². The summed E-state index contributed by atoms with van der Waals surface area (Å²) in [6, 6.07) is 0. The second-order valence-corrected chi connectivity index (χ2v) is 2.29. The quantitative estimate of drug-likeness (QED) is 0.543. The Balaban J connectivity index is 3.27. The van der Waals surface area contributed by atoms with Crippen LogP contribution in [0.1, 0.15) is 0 Å². The lowest BCUT2D eigenvalue weighted by molar-refractivity contribution is -0.384. The maximum Gasteiger partial charge on any atom is 0.314 e. The molecule has 7 heteroatoms. The molecule has 12 heavy (non-hydrogen) atoms. The second-order valence-electron chi connectivity index (χ2n) is 1.88. The fraction of sp³-hybridized carbons (Fsp3) is 0. The van der Waals surface area contributed by atoms with E-state index in [-0.39, 0.29) is 16.4 Å². The molecule has 0 amide bonds. The Morgan fingerprint density at radius 1 is 1.67 bits per heavy atom. The standard InChI is InChI=1S/C5H4ClN3O3/c6-3-1-7-2-4(9(11)12)5(3)8-10/h1-2,10H,(H,7,8). The van der Waals surface area contributed by atoms with E-state index in [1.165, 1.54) is 6.20 Å². The summed E-state index contributed by atoms with van der Waals surface area (Å²) < 4.78 is 0. The van der Waals surface area contributed by atoms with Crippen LogP contribution < -0.4 is 5.48 Å². The number of pyridine rings is 1. The highest BCUT2D eigenvalue weighted by Crippen LogP contribution is 2.29. The van der Waals surface area contributed by atoms with Crippen molar-refractivity contribution in [1.82, 2.24) is 4.98 Å². The molecule has 0 aromatic carbocycles. The highest BCUT2D eigenvalue weighted by molar-refractivity contribution is 6.33. The van der Waals surface area contributed by atoms with Gasteiger partial charge in [-0.2, -0.15) is 0 Å². The fourth-order valence-corrected chi connectivity index (χ4v) is 0.869. The molecule has 0 saturated carbocycles. The number of anilines is 1. The molecule has 1 aromatic heterocycles. The second kappa shape index (κ2) is 3.33. The highest BCUT2D eigenvalue weighted by Gasteiger charge is 2.16. The average molecular weight is 190 g/mol. The predicted molar refractivity (Wildman–Crippen MR) is 41.3 cm³/mol.